The van der Waals surface area contributed by atoms with E-state index >= 15 is 0 Å². The molecule has 0 radical (unpaired) electrons. The number of aromatic nitrogens is 3. The van der Waals surface area contributed by atoms with Gasteiger partial charge in [0.05, 0.1) is 5.56 Å². The lowest BCUT2D eigenvalue weighted by atomic mass is 10.2. The van der Waals surface area contributed by atoms with Gasteiger partial charge in [-0.1, -0.05) is 15.9 Å². The zero-order valence-electron chi connectivity index (χ0n) is 11.9. The van der Waals surface area contributed by atoms with Crippen LogP contribution in [-0.4, -0.2) is 14.8 Å². The third kappa shape index (κ3) is 3.56. The molecule has 0 atom stereocenters. The van der Waals surface area contributed by atoms with Crippen molar-refractivity contribution in [1.29, 1.82) is 0 Å². The molecule has 0 unspecified atom stereocenters. The van der Waals surface area contributed by atoms with Crippen LogP contribution in [0.25, 0.3) is 11.5 Å². The Bertz CT molecular complexity index is 917. The lowest BCUT2D eigenvalue weighted by Crippen LogP contribution is -2.22. The summed E-state index contributed by atoms with van der Waals surface area (Å²) in [5, 5.41) is 7.62. The first-order chi connectivity index (χ1) is 11.3. The second-order valence-corrected chi connectivity index (χ2v) is 5.81. The molecule has 0 aliphatic carbocycles. The van der Waals surface area contributed by atoms with E-state index in [1.165, 1.54) is 0 Å². The smallest absolute Gasteiger partial charge is 0.417 e. The minimum Gasteiger partial charge on any atom is -0.419 e. The van der Waals surface area contributed by atoms with E-state index in [4.69, 9.17) is 4.42 Å². The van der Waals surface area contributed by atoms with Crippen LogP contribution in [0, 0.1) is 0 Å². The normalized spacial score (nSPS) is 11.7. The number of pyridine rings is 1. The molecule has 2 aromatic heterocycles. The zero-order chi connectivity index (χ0) is 17.3. The Kier molecular flexibility index (Phi) is 4.27. The van der Waals surface area contributed by atoms with E-state index in [9.17, 15) is 18.0 Å². The van der Waals surface area contributed by atoms with Crippen molar-refractivity contribution in [3.63, 3.8) is 0 Å². The summed E-state index contributed by atoms with van der Waals surface area (Å²) >= 11 is 3.30. The third-order valence-electron chi connectivity index (χ3n) is 3.17. The van der Waals surface area contributed by atoms with Crippen molar-refractivity contribution >= 4 is 15.9 Å². The molecular weight excluding hydrogens is 391 g/mol. The van der Waals surface area contributed by atoms with Crippen LogP contribution in [0.3, 0.4) is 0 Å². The van der Waals surface area contributed by atoms with Crippen LogP contribution in [0.15, 0.2) is 56.3 Å². The highest BCUT2D eigenvalue weighted by Gasteiger charge is 2.31. The number of rotatable bonds is 3. The maximum atomic E-state index is 12.7. The van der Waals surface area contributed by atoms with Gasteiger partial charge < -0.3 is 8.98 Å². The van der Waals surface area contributed by atoms with Crippen LogP contribution in [0.2, 0.25) is 0 Å². The predicted octanol–water partition coefficient (Wildman–Crippen LogP) is 3.73. The highest BCUT2D eigenvalue weighted by molar-refractivity contribution is 9.10. The average Bonchev–Trinajstić information content (AvgIpc) is 2.97. The van der Waals surface area contributed by atoms with E-state index in [2.05, 4.69) is 26.1 Å². The molecule has 0 fully saturated rings. The first-order valence-electron chi connectivity index (χ1n) is 6.69. The van der Waals surface area contributed by atoms with Gasteiger partial charge in [0.1, 0.15) is 6.54 Å². The van der Waals surface area contributed by atoms with Crippen molar-refractivity contribution in [3.8, 4) is 11.5 Å². The van der Waals surface area contributed by atoms with Crippen LogP contribution < -0.4 is 5.56 Å². The van der Waals surface area contributed by atoms with Crippen LogP contribution in [0.4, 0.5) is 13.2 Å². The molecule has 0 spiro atoms. The molecular formula is C15H9BrF3N3O2. The van der Waals surface area contributed by atoms with E-state index in [-0.39, 0.29) is 18.3 Å². The fourth-order valence-corrected chi connectivity index (χ4v) is 2.26. The minimum atomic E-state index is -4.53. The van der Waals surface area contributed by atoms with Crippen molar-refractivity contribution in [1.82, 2.24) is 14.8 Å². The Hall–Kier alpha value is -2.42. The fourth-order valence-electron chi connectivity index (χ4n) is 1.99. The molecule has 0 saturated carbocycles. The molecule has 0 bridgehead atoms. The number of halogens is 4. The van der Waals surface area contributed by atoms with E-state index in [1.54, 1.807) is 24.3 Å². The summed E-state index contributed by atoms with van der Waals surface area (Å²) in [5.74, 6) is 0.256. The van der Waals surface area contributed by atoms with Crippen LogP contribution >= 0.6 is 15.9 Å². The van der Waals surface area contributed by atoms with Crippen molar-refractivity contribution in [2.45, 2.75) is 12.7 Å². The van der Waals surface area contributed by atoms with E-state index < -0.39 is 17.3 Å². The zero-order valence-corrected chi connectivity index (χ0v) is 13.5. The molecule has 3 aromatic rings. The van der Waals surface area contributed by atoms with E-state index in [0.29, 0.717) is 5.56 Å². The second kappa shape index (κ2) is 6.23. The fraction of sp³-hybridized carbons (Fsp3) is 0.133. The van der Waals surface area contributed by atoms with Gasteiger partial charge in [0.15, 0.2) is 0 Å². The number of hydrogen-bond donors (Lipinski definition) is 0. The molecule has 0 N–H and O–H groups in total. The molecule has 24 heavy (non-hydrogen) atoms. The lowest BCUT2D eigenvalue weighted by molar-refractivity contribution is -0.138. The predicted molar refractivity (Wildman–Crippen MR) is 82.2 cm³/mol. The van der Waals surface area contributed by atoms with Gasteiger partial charge in [-0.05, 0) is 30.3 Å². The Morgan fingerprint density at radius 2 is 1.79 bits per heavy atom. The molecule has 3 rings (SSSR count). The number of nitrogens with zero attached hydrogens (tertiary/aromatic N) is 3. The van der Waals surface area contributed by atoms with Gasteiger partial charge in [0.25, 0.3) is 5.56 Å². The van der Waals surface area contributed by atoms with Gasteiger partial charge in [0, 0.05) is 22.3 Å². The van der Waals surface area contributed by atoms with Gasteiger partial charge in [-0.25, -0.2) is 0 Å². The summed E-state index contributed by atoms with van der Waals surface area (Å²) in [6, 6.07) is 8.66. The summed E-state index contributed by atoms with van der Waals surface area (Å²) in [7, 11) is 0. The summed E-state index contributed by atoms with van der Waals surface area (Å²) in [6.45, 7) is -0.244. The highest BCUT2D eigenvalue weighted by Crippen LogP contribution is 2.28. The number of benzene rings is 1. The van der Waals surface area contributed by atoms with Crippen LogP contribution in [0.5, 0.6) is 0 Å². The Labute approximate surface area is 141 Å². The van der Waals surface area contributed by atoms with E-state index in [1.807, 2.05) is 0 Å². The third-order valence-corrected chi connectivity index (χ3v) is 3.70. The summed E-state index contributed by atoms with van der Waals surface area (Å²) in [5.41, 5.74) is -0.852. The summed E-state index contributed by atoms with van der Waals surface area (Å²) < 4.78 is 45.3. The number of hydrogen-bond acceptors (Lipinski definition) is 4. The second-order valence-electron chi connectivity index (χ2n) is 4.89. The van der Waals surface area contributed by atoms with Crippen molar-refractivity contribution < 1.29 is 17.6 Å². The molecule has 0 saturated heterocycles. The maximum absolute atomic E-state index is 12.7. The topological polar surface area (TPSA) is 60.9 Å². The largest absolute Gasteiger partial charge is 0.419 e. The standard InChI is InChI=1S/C15H9BrF3N3O2/c16-11-4-1-9(2-5-11)14-21-20-12(24-14)8-22-7-10(15(17,18)19)3-6-13(22)23/h1-7H,8H2. The van der Waals surface area contributed by atoms with Gasteiger partial charge in [-0.2, -0.15) is 13.2 Å². The first kappa shape index (κ1) is 16.4. The summed E-state index contributed by atoms with van der Waals surface area (Å²) in [6.07, 6.45) is -3.81. The molecule has 2 heterocycles. The SMILES string of the molecule is O=c1ccc(C(F)(F)F)cn1Cc1nnc(-c2ccc(Br)cc2)o1. The Balaban J connectivity index is 1.87. The quantitative estimate of drug-likeness (QED) is 0.673. The maximum Gasteiger partial charge on any atom is 0.417 e. The van der Waals surface area contributed by atoms with Crippen molar-refractivity contribution in [3.05, 3.63) is 68.9 Å². The molecule has 5 nitrogen and oxygen atoms in total. The van der Waals surface area contributed by atoms with Crippen molar-refractivity contribution in [2.75, 3.05) is 0 Å². The molecule has 124 valence electrons. The average molecular weight is 400 g/mol. The monoisotopic (exact) mass is 399 g/mol. The summed E-state index contributed by atoms with van der Waals surface area (Å²) in [4.78, 5) is 11.7. The molecule has 0 aliphatic heterocycles. The first-order valence-corrected chi connectivity index (χ1v) is 7.48. The molecule has 9 heteroatoms. The van der Waals surface area contributed by atoms with Crippen LogP contribution in [-0.2, 0) is 12.7 Å². The Morgan fingerprint density at radius 1 is 1.08 bits per heavy atom. The Morgan fingerprint density at radius 3 is 2.46 bits per heavy atom. The van der Waals surface area contributed by atoms with Crippen LogP contribution in [0.1, 0.15) is 11.5 Å². The van der Waals surface area contributed by atoms with Gasteiger partial charge >= 0.3 is 6.18 Å². The lowest BCUT2D eigenvalue weighted by Gasteiger charge is -2.08. The molecule has 0 aliphatic rings. The van der Waals surface area contributed by atoms with E-state index in [0.717, 1.165) is 27.4 Å². The highest BCUT2D eigenvalue weighted by atomic mass is 79.9. The molecule has 1 aromatic carbocycles. The minimum absolute atomic E-state index is 0.0364. The van der Waals surface area contributed by atoms with Gasteiger partial charge in [0.2, 0.25) is 11.8 Å². The van der Waals surface area contributed by atoms with Crippen molar-refractivity contribution in [2.24, 2.45) is 0 Å². The number of alkyl halides is 3. The van der Waals surface area contributed by atoms with Gasteiger partial charge in [-0.15, -0.1) is 10.2 Å². The van der Waals surface area contributed by atoms with Gasteiger partial charge in [-0.3, -0.25) is 4.79 Å². The molecule has 0 amide bonds.